The van der Waals surface area contributed by atoms with E-state index in [1.807, 2.05) is 0 Å². The molecular weight excluding hydrogens is 258 g/mol. The standard InChI is InChI=1S/C10H12ClN5O2/c11-10-15-7-8(12)13-4-14-9(7)16(10)6-2-1-5(3-17)18-6/h4-6,17H,1-3H2,(H2,12,13,14). The molecule has 0 radical (unpaired) electrons. The van der Waals surface area contributed by atoms with Crippen molar-refractivity contribution in [2.24, 2.45) is 0 Å². The molecule has 1 fully saturated rings. The number of aliphatic hydroxyl groups is 1. The van der Waals surface area contributed by atoms with Crippen LogP contribution in [0.5, 0.6) is 0 Å². The van der Waals surface area contributed by atoms with Crippen molar-refractivity contribution in [3.63, 3.8) is 0 Å². The minimum absolute atomic E-state index is 0.00211. The fraction of sp³-hybridized carbons (Fsp3) is 0.500. The van der Waals surface area contributed by atoms with Crippen LogP contribution in [0.4, 0.5) is 5.82 Å². The first-order chi connectivity index (χ1) is 8.70. The Morgan fingerprint density at radius 3 is 3.06 bits per heavy atom. The van der Waals surface area contributed by atoms with Gasteiger partial charge in [0.05, 0.1) is 12.7 Å². The first-order valence-electron chi connectivity index (χ1n) is 5.61. The molecule has 18 heavy (non-hydrogen) atoms. The van der Waals surface area contributed by atoms with E-state index < -0.39 is 0 Å². The summed E-state index contributed by atoms with van der Waals surface area (Å²) in [6.07, 6.45) is 2.46. The smallest absolute Gasteiger partial charge is 0.207 e. The van der Waals surface area contributed by atoms with Crippen LogP contribution in [0.15, 0.2) is 6.33 Å². The number of nitrogen functional groups attached to an aromatic ring is 1. The zero-order valence-corrected chi connectivity index (χ0v) is 10.2. The summed E-state index contributed by atoms with van der Waals surface area (Å²) in [7, 11) is 0. The highest BCUT2D eigenvalue weighted by molar-refractivity contribution is 6.29. The number of aliphatic hydroxyl groups excluding tert-OH is 1. The molecule has 1 saturated heterocycles. The van der Waals surface area contributed by atoms with Crippen LogP contribution in [0, 0.1) is 0 Å². The normalized spacial score (nSPS) is 23.9. The molecular formula is C10H12ClN5O2. The summed E-state index contributed by atoms with van der Waals surface area (Å²) in [5.41, 5.74) is 6.75. The molecule has 1 aliphatic rings. The molecule has 3 heterocycles. The van der Waals surface area contributed by atoms with Crippen molar-refractivity contribution in [2.75, 3.05) is 12.3 Å². The molecule has 0 spiro atoms. The highest BCUT2D eigenvalue weighted by Crippen LogP contribution is 2.33. The topological polar surface area (TPSA) is 99.1 Å². The second-order valence-corrected chi connectivity index (χ2v) is 4.49. The van der Waals surface area contributed by atoms with Crippen molar-refractivity contribution >= 4 is 28.6 Å². The Hall–Kier alpha value is -1.44. The van der Waals surface area contributed by atoms with Gasteiger partial charge in [-0.05, 0) is 24.4 Å². The molecule has 0 aliphatic carbocycles. The quantitative estimate of drug-likeness (QED) is 0.780. The van der Waals surface area contributed by atoms with Crippen LogP contribution in [0.1, 0.15) is 19.1 Å². The highest BCUT2D eigenvalue weighted by atomic mass is 35.5. The van der Waals surface area contributed by atoms with Crippen LogP contribution in [-0.4, -0.2) is 37.3 Å². The molecule has 3 N–H and O–H groups in total. The lowest BCUT2D eigenvalue weighted by atomic mass is 10.2. The Labute approximate surface area is 108 Å². The molecule has 2 atom stereocenters. The van der Waals surface area contributed by atoms with Gasteiger partial charge in [0.1, 0.15) is 12.6 Å². The zero-order valence-electron chi connectivity index (χ0n) is 9.45. The summed E-state index contributed by atoms with van der Waals surface area (Å²) in [6, 6.07) is 0. The number of imidazole rings is 1. The number of fused-ring (bicyclic) bond motifs is 1. The third kappa shape index (κ3) is 1.71. The van der Waals surface area contributed by atoms with Crippen LogP contribution in [-0.2, 0) is 4.74 Å². The number of rotatable bonds is 2. The zero-order chi connectivity index (χ0) is 12.7. The molecule has 1 aliphatic heterocycles. The van der Waals surface area contributed by atoms with Gasteiger partial charge in [0.2, 0.25) is 5.28 Å². The molecule has 0 bridgehead atoms. The molecule has 0 amide bonds. The number of nitrogens with zero attached hydrogens (tertiary/aromatic N) is 4. The fourth-order valence-electron chi connectivity index (χ4n) is 2.17. The number of ether oxygens (including phenoxy) is 1. The summed E-state index contributed by atoms with van der Waals surface area (Å²) in [5.74, 6) is 0.289. The van der Waals surface area contributed by atoms with Crippen LogP contribution >= 0.6 is 11.6 Å². The fourth-order valence-corrected chi connectivity index (χ4v) is 2.44. The van der Waals surface area contributed by atoms with Gasteiger partial charge in [-0.1, -0.05) is 0 Å². The maximum absolute atomic E-state index is 9.08. The number of hydrogen-bond acceptors (Lipinski definition) is 6. The Kier molecular flexibility index (Phi) is 2.81. The van der Waals surface area contributed by atoms with Crippen molar-refractivity contribution < 1.29 is 9.84 Å². The molecule has 0 saturated carbocycles. The molecule has 3 rings (SSSR count). The molecule has 7 nitrogen and oxygen atoms in total. The second kappa shape index (κ2) is 4.34. The van der Waals surface area contributed by atoms with Gasteiger partial charge in [-0.25, -0.2) is 15.0 Å². The second-order valence-electron chi connectivity index (χ2n) is 4.15. The van der Waals surface area contributed by atoms with E-state index in [-0.39, 0.29) is 30.0 Å². The first-order valence-corrected chi connectivity index (χ1v) is 5.98. The van der Waals surface area contributed by atoms with Crippen LogP contribution in [0.3, 0.4) is 0 Å². The van der Waals surface area contributed by atoms with Crippen LogP contribution in [0.2, 0.25) is 5.28 Å². The van der Waals surface area contributed by atoms with Gasteiger partial charge < -0.3 is 15.6 Å². The molecule has 2 aromatic rings. The highest BCUT2D eigenvalue weighted by Gasteiger charge is 2.29. The molecule has 2 aromatic heterocycles. The molecule has 0 aromatic carbocycles. The van der Waals surface area contributed by atoms with E-state index in [0.29, 0.717) is 11.2 Å². The Morgan fingerprint density at radius 1 is 1.50 bits per heavy atom. The van der Waals surface area contributed by atoms with E-state index in [4.69, 9.17) is 27.2 Å². The monoisotopic (exact) mass is 269 g/mol. The van der Waals surface area contributed by atoms with Crippen molar-refractivity contribution in [1.82, 2.24) is 19.5 Å². The molecule has 8 heteroatoms. The van der Waals surface area contributed by atoms with E-state index in [9.17, 15) is 0 Å². The Bertz CT molecular complexity index is 587. The van der Waals surface area contributed by atoms with E-state index >= 15 is 0 Å². The van der Waals surface area contributed by atoms with Gasteiger partial charge in [0.15, 0.2) is 17.0 Å². The van der Waals surface area contributed by atoms with Gasteiger partial charge in [0, 0.05) is 0 Å². The first kappa shape index (κ1) is 11.6. The summed E-state index contributed by atoms with van der Waals surface area (Å²) in [6.45, 7) is -0.00211. The van der Waals surface area contributed by atoms with E-state index in [1.54, 1.807) is 4.57 Å². The van der Waals surface area contributed by atoms with Gasteiger partial charge >= 0.3 is 0 Å². The lowest BCUT2D eigenvalue weighted by Crippen LogP contribution is -2.14. The van der Waals surface area contributed by atoms with Gasteiger partial charge in [0.25, 0.3) is 0 Å². The summed E-state index contributed by atoms with van der Waals surface area (Å²) < 4.78 is 7.36. The van der Waals surface area contributed by atoms with Crippen molar-refractivity contribution in [3.8, 4) is 0 Å². The Morgan fingerprint density at radius 2 is 2.33 bits per heavy atom. The predicted molar refractivity (Wildman–Crippen MR) is 65.0 cm³/mol. The summed E-state index contributed by atoms with van der Waals surface area (Å²) in [5, 5.41) is 9.34. The molecule has 96 valence electrons. The van der Waals surface area contributed by atoms with Gasteiger partial charge in [-0.3, -0.25) is 4.57 Å². The number of nitrogens with two attached hydrogens (primary N) is 1. The van der Waals surface area contributed by atoms with Crippen LogP contribution in [0.25, 0.3) is 11.2 Å². The van der Waals surface area contributed by atoms with Gasteiger partial charge in [-0.15, -0.1) is 0 Å². The van der Waals surface area contributed by atoms with E-state index in [1.165, 1.54) is 6.33 Å². The lowest BCUT2D eigenvalue weighted by Gasteiger charge is -2.14. The van der Waals surface area contributed by atoms with E-state index in [0.717, 1.165) is 12.8 Å². The number of halogens is 1. The SMILES string of the molecule is Nc1ncnc2c1nc(Cl)n2C1CCC(CO)O1. The van der Waals surface area contributed by atoms with Gasteiger partial charge in [-0.2, -0.15) is 0 Å². The Balaban J connectivity index is 2.07. The van der Waals surface area contributed by atoms with Crippen molar-refractivity contribution in [3.05, 3.63) is 11.6 Å². The maximum atomic E-state index is 9.08. The average molecular weight is 270 g/mol. The average Bonchev–Trinajstić information content (AvgIpc) is 2.93. The van der Waals surface area contributed by atoms with Crippen molar-refractivity contribution in [2.45, 2.75) is 25.2 Å². The maximum Gasteiger partial charge on any atom is 0.207 e. The third-order valence-electron chi connectivity index (χ3n) is 3.04. The van der Waals surface area contributed by atoms with E-state index in [2.05, 4.69) is 15.0 Å². The lowest BCUT2D eigenvalue weighted by molar-refractivity contribution is -0.0205. The summed E-state index contributed by atoms with van der Waals surface area (Å²) in [4.78, 5) is 12.2. The largest absolute Gasteiger partial charge is 0.394 e. The number of hydrogen-bond donors (Lipinski definition) is 2. The minimum atomic E-state index is -0.269. The van der Waals surface area contributed by atoms with Crippen LogP contribution < -0.4 is 5.73 Å². The number of aromatic nitrogens is 4. The predicted octanol–water partition coefficient (Wildman–Crippen LogP) is 0.732. The molecule has 2 unspecified atom stereocenters. The third-order valence-corrected chi connectivity index (χ3v) is 3.31. The minimum Gasteiger partial charge on any atom is -0.394 e. The van der Waals surface area contributed by atoms with Crippen molar-refractivity contribution in [1.29, 1.82) is 0 Å². The summed E-state index contributed by atoms with van der Waals surface area (Å²) >= 11 is 6.10. The number of anilines is 1.